The summed E-state index contributed by atoms with van der Waals surface area (Å²) in [5.41, 5.74) is 9.46. The molecule has 11 nitrogen and oxygen atoms in total. The topological polar surface area (TPSA) is 138 Å². The number of fused-ring (bicyclic) bond motifs is 2. The van der Waals surface area contributed by atoms with Gasteiger partial charge in [-0.15, -0.1) is 0 Å². The molecule has 308 valence electrons. The monoisotopic (exact) mass is 799 g/mol. The lowest BCUT2D eigenvalue weighted by Crippen LogP contribution is -2.54. The summed E-state index contributed by atoms with van der Waals surface area (Å²) < 4.78 is 16.0. The Morgan fingerprint density at radius 3 is 2.19 bits per heavy atom. The molecule has 1 unspecified atom stereocenters. The van der Waals surface area contributed by atoms with Crippen molar-refractivity contribution >= 4 is 40.2 Å². The third kappa shape index (κ3) is 9.28. The Labute approximate surface area is 345 Å². The van der Waals surface area contributed by atoms with Gasteiger partial charge in [-0.05, 0) is 86.7 Å². The minimum Gasteiger partial charge on any atom is -0.384 e. The van der Waals surface area contributed by atoms with Crippen molar-refractivity contribution in [3.63, 3.8) is 0 Å². The largest absolute Gasteiger partial charge is 0.384 e. The first-order chi connectivity index (χ1) is 28.6. The number of halogens is 1. The second kappa shape index (κ2) is 18.9. The molecule has 5 aromatic rings. The van der Waals surface area contributed by atoms with Crippen LogP contribution in [0.1, 0.15) is 114 Å². The van der Waals surface area contributed by atoms with Crippen LogP contribution in [-0.4, -0.2) is 62.2 Å². The number of nitrogens with zero attached hydrogens (tertiary/aromatic N) is 4. The number of anilines is 1. The van der Waals surface area contributed by atoms with Crippen LogP contribution in [0.5, 0.6) is 0 Å². The van der Waals surface area contributed by atoms with Crippen molar-refractivity contribution in [2.24, 2.45) is 7.05 Å². The van der Waals surface area contributed by atoms with E-state index in [-0.39, 0.29) is 24.6 Å². The molecular weight excluding hydrogens is 746 g/mol. The lowest BCUT2D eigenvalue weighted by atomic mass is 9.93. The first kappa shape index (κ1) is 41.4. The summed E-state index contributed by atoms with van der Waals surface area (Å²) in [6.07, 6.45) is 15.6. The molecular formula is C47H54FN7O4. The second-order valence-electron chi connectivity index (χ2n) is 16.0. The van der Waals surface area contributed by atoms with Crippen LogP contribution in [0.4, 0.5) is 10.1 Å². The van der Waals surface area contributed by atoms with Crippen molar-refractivity contribution in [3.05, 3.63) is 101 Å². The lowest BCUT2D eigenvalue weighted by Gasteiger charge is -2.27. The highest BCUT2D eigenvalue weighted by Gasteiger charge is 2.45. The van der Waals surface area contributed by atoms with Crippen LogP contribution in [0.3, 0.4) is 0 Å². The third-order valence-corrected chi connectivity index (χ3v) is 11.6. The summed E-state index contributed by atoms with van der Waals surface area (Å²) in [7, 11) is 1.99. The molecule has 59 heavy (non-hydrogen) atoms. The Morgan fingerprint density at radius 2 is 1.47 bits per heavy atom. The zero-order valence-electron chi connectivity index (χ0n) is 34.3. The fourth-order valence-electron chi connectivity index (χ4n) is 8.69. The summed E-state index contributed by atoms with van der Waals surface area (Å²) in [5, 5.41) is 10.1. The Hall–Kier alpha value is -5.75. The van der Waals surface area contributed by atoms with Crippen molar-refractivity contribution in [3.8, 4) is 22.5 Å². The average molecular weight is 800 g/mol. The maximum Gasteiger partial charge on any atom is 0.264 e. The average Bonchev–Trinajstić information content (AvgIpc) is 3.70. The van der Waals surface area contributed by atoms with E-state index in [0.717, 1.165) is 71.6 Å². The molecule has 0 aliphatic carbocycles. The molecule has 0 radical (unpaired) electrons. The van der Waals surface area contributed by atoms with Crippen molar-refractivity contribution in [1.82, 2.24) is 30.1 Å². The number of hydrogen-bond acceptors (Lipinski definition) is 8. The lowest BCUT2D eigenvalue weighted by molar-refractivity contribution is -0.136. The van der Waals surface area contributed by atoms with Gasteiger partial charge in [-0.2, -0.15) is 0 Å². The van der Waals surface area contributed by atoms with Crippen molar-refractivity contribution < 1.29 is 23.6 Å². The molecule has 0 bridgehead atoms. The van der Waals surface area contributed by atoms with E-state index in [2.05, 4.69) is 46.9 Å². The molecule has 2 aliphatic heterocycles. The Morgan fingerprint density at radius 1 is 0.780 bits per heavy atom. The van der Waals surface area contributed by atoms with Crippen LogP contribution in [0.25, 0.3) is 33.4 Å². The van der Waals surface area contributed by atoms with E-state index in [1.807, 2.05) is 24.0 Å². The van der Waals surface area contributed by atoms with E-state index < -0.39 is 23.8 Å². The van der Waals surface area contributed by atoms with Gasteiger partial charge < -0.3 is 15.2 Å². The fourth-order valence-corrected chi connectivity index (χ4v) is 8.69. The number of hydrogen-bond donors (Lipinski definition) is 3. The number of aromatic nitrogens is 3. The molecule has 3 N–H and O–H groups in total. The molecule has 4 heterocycles. The number of carbonyl (C=O) groups excluding carboxylic acids is 4. The number of carbonyl (C=O) groups is 4. The predicted octanol–water partition coefficient (Wildman–Crippen LogP) is 8.56. The third-order valence-electron chi connectivity index (χ3n) is 11.6. The summed E-state index contributed by atoms with van der Waals surface area (Å²) >= 11 is 0. The number of aryl methyl sites for hydroxylation is 3. The SMILES string of the molecule is Cc1cc(CNCCCCCCCCCCCCNc2cccc3c2C(=O)N(C2CCC(=O)NC2=O)C3=O)cc(C)c1-c1ncn(C)c1-c1ccnc2cc(F)ccc12. The van der Waals surface area contributed by atoms with Gasteiger partial charge in [0.15, 0.2) is 0 Å². The van der Waals surface area contributed by atoms with Gasteiger partial charge >= 0.3 is 0 Å². The first-order valence-electron chi connectivity index (χ1n) is 21.1. The molecule has 0 saturated carbocycles. The second-order valence-corrected chi connectivity index (χ2v) is 16.0. The summed E-state index contributed by atoms with van der Waals surface area (Å²) in [6, 6.07) is 15.4. The first-order valence-corrected chi connectivity index (χ1v) is 21.1. The van der Waals surface area contributed by atoms with E-state index in [0.29, 0.717) is 28.9 Å². The maximum absolute atomic E-state index is 14.0. The number of rotatable bonds is 19. The summed E-state index contributed by atoms with van der Waals surface area (Å²) in [6.45, 7) is 6.80. The molecule has 1 saturated heterocycles. The molecule has 2 aromatic heterocycles. The number of imide groups is 2. The Balaban J connectivity index is 0.761. The molecule has 2 aliphatic rings. The maximum atomic E-state index is 14.0. The molecule has 7 rings (SSSR count). The number of nitrogens with one attached hydrogen (secondary N) is 3. The van der Waals surface area contributed by atoms with Crippen LogP contribution in [0.15, 0.2) is 67.1 Å². The van der Waals surface area contributed by atoms with Gasteiger partial charge in [0.2, 0.25) is 11.8 Å². The number of benzene rings is 3. The highest BCUT2D eigenvalue weighted by atomic mass is 19.1. The molecule has 0 spiro atoms. The summed E-state index contributed by atoms with van der Waals surface area (Å²) in [5.74, 6) is -2.26. The quantitative estimate of drug-likeness (QED) is 0.0558. The Bertz CT molecular complexity index is 2350. The smallest absolute Gasteiger partial charge is 0.264 e. The van der Waals surface area contributed by atoms with Gasteiger partial charge in [0.25, 0.3) is 11.8 Å². The molecule has 4 amide bonds. The number of unbranched alkanes of at least 4 members (excludes halogenated alkanes) is 9. The fraction of sp³-hybridized carbons (Fsp3) is 0.404. The summed E-state index contributed by atoms with van der Waals surface area (Å²) in [4.78, 5) is 60.6. The molecule has 3 aromatic carbocycles. The van der Waals surface area contributed by atoms with Crippen molar-refractivity contribution in [1.29, 1.82) is 0 Å². The minimum atomic E-state index is -0.965. The van der Waals surface area contributed by atoms with Crippen LogP contribution in [0.2, 0.25) is 0 Å². The van der Waals surface area contributed by atoms with Gasteiger partial charge in [0.05, 0.1) is 34.4 Å². The van der Waals surface area contributed by atoms with Crippen LogP contribution >= 0.6 is 0 Å². The van der Waals surface area contributed by atoms with Gasteiger partial charge in [-0.1, -0.05) is 69.6 Å². The van der Waals surface area contributed by atoms with E-state index >= 15 is 0 Å². The van der Waals surface area contributed by atoms with Crippen LogP contribution in [-0.2, 0) is 23.2 Å². The molecule has 12 heteroatoms. The number of amides is 4. The predicted molar refractivity (Wildman–Crippen MR) is 228 cm³/mol. The van der Waals surface area contributed by atoms with Gasteiger partial charge in [0.1, 0.15) is 11.9 Å². The van der Waals surface area contributed by atoms with Crippen molar-refractivity contribution in [2.45, 2.75) is 103 Å². The zero-order valence-corrected chi connectivity index (χ0v) is 34.3. The molecule has 1 atom stereocenters. The van der Waals surface area contributed by atoms with E-state index in [1.54, 1.807) is 30.5 Å². The van der Waals surface area contributed by atoms with E-state index in [1.165, 1.54) is 67.3 Å². The zero-order chi connectivity index (χ0) is 41.5. The normalized spacial score (nSPS) is 15.3. The van der Waals surface area contributed by atoms with Crippen molar-refractivity contribution in [2.75, 3.05) is 18.4 Å². The van der Waals surface area contributed by atoms with Gasteiger partial charge in [-0.25, -0.2) is 9.37 Å². The standard InChI is InChI=1S/C47H54FN7O4/c1-30-25-32(26-31(2)41(30)43-44(54(3)29-52-43)35-21-24-51-38-27-33(48)17-18-34(35)38)28-49-22-12-10-8-6-4-5-7-9-11-13-23-50-37-16-14-15-36-42(37)47(59)55(46(36)58)39-19-20-40(56)53-45(39)57/h14-18,21,24-27,29,39,49-50H,4-13,19-20,22-23,28H2,1-3H3,(H,53,56,57). The van der Waals surface area contributed by atoms with Gasteiger partial charge in [-0.3, -0.25) is 34.4 Å². The number of pyridine rings is 1. The highest BCUT2D eigenvalue weighted by Crippen LogP contribution is 2.38. The Kier molecular flexibility index (Phi) is 13.3. The van der Waals surface area contributed by atoms with E-state index in [9.17, 15) is 23.6 Å². The van der Waals surface area contributed by atoms with E-state index in [4.69, 9.17) is 4.98 Å². The number of piperidine rings is 1. The minimum absolute atomic E-state index is 0.0989. The molecule has 1 fully saturated rings. The number of imidazole rings is 1. The highest BCUT2D eigenvalue weighted by molar-refractivity contribution is 6.25. The van der Waals surface area contributed by atoms with Crippen LogP contribution < -0.4 is 16.0 Å². The van der Waals surface area contributed by atoms with Gasteiger partial charge in [0, 0.05) is 61.0 Å². The van der Waals surface area contributed by atoms with Crippen LogP contribution in [0, 0.1) is 19.7 Å².